The lowest BCUT2D eigenvalue weighted by Crippen LogP contribution is -2.58. The molecule has 176 valence electrons. The van der Waals surface area contributed by atoms with E-state index >= 15 is 0 Å². The average Bonchev–Trinajstić information content (AvgIpc) is 2.67. The zero-order chi connectivity index (χ0) is 24.1. The second kappa shape index (κ2) is 14.2. The van der Waals surface area contributed by atoms with Crippen LogP contribution in [0.1, 0.15) is 19.3 Å². The number of rotatable bonds is 15. The van der Waals surface area contributed by atoms with Crippen LogP contribution in [-0.2, 0) is 28.8 Å². The van der Waals surface area contributed by atoms with E-state index in [2.05, 4.69) is 5.32 Å². The first-order chi connectivity index (χ1) is 14.4. The molecule has 10 N–H and O–H groups in total. The predicted molar refractivity (Wildman–Crippen MR) is 108 cm³/mol. The van der Waals surface area contributed by atoms with Crippen LogP contribution in [0.2, 0.25) is 0 Å². The molecule has 0 saturated heterocycles. The van der Waals surface area contributed by atoms with Gasteiger partial charge in [0.2, 0.25) is 23.6 Å². The van der Waals surface area contributed by atoms with Crippen LogP contribution in [0.15, 0.2) is 0 Å². The molecule has 4 unspecified atom stereocenters. The molecule has 0 saturated carbocycles. The van der Waals surface area contributed by atoms with E-state index in [1.807, 2.05) is 10.6 Å². The fourth-order valence-corrected chi connectivity index (χ4v) is 2.67. The van der Waals surface area contributed by atoms with Crippen molar-refractivity contribution in [2.24, 2.45) is 11.5 Å². The van der Waals surface area contributed by atoms with Crippen molar-refractivity contribution in [3.63, 3.8) is 0 Å². The second-order valence-electron chi connectivity index (χ2n) is 6.36. The number of carbonyl (C=O) groups excluding carboxylic acids is 4. The Kier molecular flexibility index (Phi) is 12.8. The van der Waals surface area contributed by atoms with Gasteiger partial charge in [0.1, 0.15) is 18.1 Å². The molecule has 0 aliphatic heterocycles. The maximum absolute atomic E-state index is 12.3. The van der Waals surface area contributed by atoms with E-state index in [1.54, 1.807) is 6.26 Å². The molecule has 0 bridgehead atoms. The fourth-order valence-electron chi connectivity index (χ4n) is 2.18. The van der Waals surface area contributed by atoms with Gasteiger partial charge < -0.3 is 42.7 Å². The largest absolute Gasteiger partial charge is 0.481 e. The average molecular weight is 465 g/mol. The Morgan fingerprint density at radius 1 is 0.871 bits per heavy atom. The van der Waals surface area contributed by atoms with Crippen LogP contribution in [0.25, 0.3) is 0 Å². The lowest BCUT2D eigenvalue weighted by atomic mass is 10.1. The quantitative estimate of drug-likeness (QED) is 0.115. The van der Waals surface area contributed by atoms with Crippen LogP contribution in [-0.4, -0.2) is 93.7 Å². The van der Waals surface area contributed by atoms with E-state index in [0.717, 1.165) is 0 Å². The van der Waals surface area contributed by atoms with Gasteiger partial charge in [-0.2, -0.15) is 11.8 Å². The lowest BCUT2D eigenvalue weighted by Gasteiger charge is -2.23. The summed E-state index contributed by atoms with van der Waals surface area (Å²) >= 11 is 1.45. The van der Waals surface area contributed by atoms with Crippen molar-refractivity contribution in [1.82, 2.24) is 16.0 Å². The summed E-state index contributed by atoms with van der Waals surface area (Å²) in [5.74, 6) is -6.64. The molecule has 4 amide bonds. The maximum atomic E-state index is 12.3. The minimum absolute atomic E-state index is 0.299. The molecule has 31 heavy (non-hydrogen) atoms. The monoisotopic (exact) mass is 465 g/mol. The summed E-state index contributed by atoms with van der Waals surface area (Å²) in [6, 6.07) is -6.02. The summed E-state index contributed by atoms with van der Waals surface area (Å²) in [5.41, 5.74) is 10.6. The third kappa shape index (κ3) is 11.2. The number of nitrogens with two attached hydrogens (primary N) is 2. The summed E-state index contributed by atoms with van der Waals surface area (Å²) in [6.07, 6.45) is 0.395. The number of carboxylic acid groups (broad SMARTS) is 2. The summed E-state index contributed by atoms with van der Waals surface area (Å²) in [7, 11) is 0. The molecule has 0 heterocycles. The van der Waals surface area contributed by atoms with Crippen LogP contribution in [0.5, 0.6) is 0 Å². The van der Waals surface area contributed by atoms with E-state index in [1.165, 1.54) is 11.8 Å². The Morgan fingerprint density at radius 2 is 1.39 bits per heavy atom. The summed E-state index contributed by atoms with van der Waals surface area (Å²) in [5, 5.41) is 33.5. The molecule has 0 aromatic carbocycles. The SMILES string of the molecule is CSCCC(N)C(=O)NC(CO)C(=O)NC(CC(=O)O)C(=O)NC(CC(N)=O)C(=O)O. The summed E-state index contributed by atoms with van der Waals surface area (Å²) < 4.78 is 0. The number of nitrogens with one attached hydrogen (secondary N) is 3. The van der Waals surface area contributed by atoms with Crippen molar-refractivity contribution >= 4 is 47.3 Å². The Hall–Kier alpha value is -2.91. The van der Waals surface area contributed by atoms with Gasteiger partial charge in [-0.15, -0.1) is 0 Å². The van der Waals surface area contributed by atoms with Gasteiger partial charge in [-0.3, -0.25) is 24.0 Å². The van der Waals surface area contributed by atoms with Crippen molar-refractivity contribution in [3.05, 3.63) is 0 Å². The molecule has 0 aliphatic carbocycles. The van der Waals surface area contributed by atoms with Gasteiger partial charge >= 0.3 is 11.9 Å². The molecular formula is C16H27N5O9S. The minimum atomic E-state index is -1.77. The standard InChI is InChI=1S/C16H27N5O9S/c1-31-3-2-7(17)13(26)21-10(6-22)15(28)19-8(5-12(24)25)14(27)20-9(16(29)30)4-11(18)23/h7-10,22H,2-6,17H2,1H3,(H2,18,23)(H,19,28)(H,20,27)(H,21,26)(H,24,25)(H,29,30). The molecule has 4 atom stereocenters. The van der Waals surface area contributed by atoms with E-state index in [0.29, 0.717) is 12.2 Å². The zero-order valence-electron chi connectivity index (χ0n) is 16.7. The van der Waals surface area contributed by atoms with E-state index in [4.69, 9.17) is 21.7 Å². The van der Waals surface area contributed by atoms with E-state index in [-0.39, 0.29) is 0 Å². The molecule has 0 aromatic rings. The maximum Gasteiger partial charge on any atom is 0.326 e. The number of carbonyl (C=O) groups is 6. The Bertz CT molecular complexity index is 690. The van der Waals surface area contributed by atoms with Gasteiger partial charge in [-0.1, -0.05) is 0 Å². The van der Waals surface area contributed by atoms with Crippen molar-refractivity contribution in [3.8, 4) is 0 Å². The minimum Gasteiger partial charge on any atom is -0.481 e. The first-order valence-corrected chi connectivity index (χ1v) is 10.3. The molecule has 0 rings (SSSR count). The fraction of sp³-hybridized carbons (Fsp3) is 0.625. The number of primary amides is 1. The number of amides is 4. The van der Waals surface area contributed by atoms with Gasteiger partial charge in [0.25, 0.3) is 0 Å². The molecule has 0 aliphatic rings. The summed E-state index contributed by atoms with van der Waals surface area (Å²) in [6.45, 7) is -0.881. The number of hydrogen-bond donors (Lipinski definition) is 8. The van der Waals surface area contributed by atoms with Crippen LogP contribution < -0.4 is 27.4 Å². The van der Waals surface area contributed by atoms with Crippen LogP contribution in [0, 0.1) is 0 Å². The van der Waals surface area contributed by atoms with Crippen molar-refractivity contribution < 1.29 is 44.1 Å². The van der Waals surface area contributed by atoms with Crippen molar-refractivity contribution in [2.45, 2.75) is 43.4 Å². The molecule has 0 fully saturated rings. The molecule has 15 heteroatoms. The highest BCUT2D eigenvalue weighted by Gasteiger charge is 2.31. The van der Waals surface area contributed by atoms with Crippen LogP contribution in [0.4, 0.5) is 0 Å². The third-order valence-corrected chi connectivity index (χ3v) is 4.46. The van der Waals surface area contributed by atoms with E-state index < -0.39 is 79.2 Å². The zero-order valence-corrected chi connectivity index (χ0v) is 17.5. The van der Waals surface area contributed by atoms with Gasteiger partial charge in [0.05, 0.1) is 25.5 Å². The van der Waals surface area contributed by atoms with Gasteiger partial charge in [0, 0.05) is 0 Å². The number of aliphatic carboxylic acids is 2. The molecule has 14 nitrogen and oxygen atoms in total. The number of hydrogen-bond acceptors (Lipinski definition) is 9. The predicted octanol–water partition coefficient (Wildman–Crippen LogP) is -4.05. The highest BCUT2D eigenvalue weighted by molar-refractivity contribution is 7.98. The first-order valence-electron chi connectivity index (χ1n) is 8.92. The number of aliphatic hydroxyl groups excluding tert-OH is 1. The van der Waals surface area contributed by atoms with E-state index in [9.17, 15) is 33.9 Å². The number of carboxylic acids is 2. The number of aliphatic hydroxyl groups is 1. The highest BCUT2D eigenvalue weighted by atomic mass is 32.2. The van der Waals surface area contributed by atoms with Crippen molar-refractivity contribution in [2.75, 3.05) is 18.6 Å². The Morgan fingerprint density at radius 3 is 1.84 bits per heavy atom. The van der Waals surface area contributed by atoms with Crippen molar-refractivity contribution in [1.29, 1.82) is 0 Å². The van der Waals surface area contributed by atoms with Gasteiger partial charge in [0.15, 0.2) is 0 Å². The van der Waals surface area contributed by atoms with Gasteiger partial charge in [-0.05, 0) is 18.4 Å². The topological polar surface area (TPSA) is 251 Å². The summed E-state index contributed by atoms with van der Waals surface area (Å²) in [4.78, 5) is 69.8. The van der Waals surface area contributed by atoms with Gasteiger partial charge in [-0.25, -0.2) is 4.79 Å². The van der Waals surface area contributed by atoms with Crippen LogP contribution in [0.3, 0.4) is 0 Å². The third-order valence-electron chi connectivity index (χ3n) is 3.82. The lowest BCUT2D eigenvalue weighted by molar-refractivity contribution is -0.145. The molecular weight excluding hydrogens is 438 g/mol. The van der Waals surface area contributed by atoms with Crippen LogP contribution >= 0.6 is 11.8 Å². The highest BCUT2D eigenvalue weighted by Crippen LogP contribution is 2.01. The first kappa shape index (κ1) is 28.1. The second-order valence-corrected chi connectivity index (χ2v) is 7.35. The molecule has 0 radical (unpaired) electrons. The Balaban J connectivity index is 5.25. The molecule has 0 aromatic heterocycles. The number of thioether (sulfide) groups is 1. The normalized spacial score (nSPS) is 14.4. The smallest absolute Gasteiger partial charge is 0.326 e. The Labute approximate surface area is 181 Å². The molecule has 0 spiro atoms.